The second-order valence-electron chi connectivity index (χ2n) is 8.86. The van der Waals surface area contributed by atoms with E-state index in [0.717, 1.165) is 42.1 Å². The molecule has 0 saturated heterocycles. The van der Waals surface area contributed by atoms with Crippen molar-refractivity contribution in [3.05, 3.63) is 71.5 Å². The number of carbonyl (C=O) groups is 1. The van der Waals surface area contributed by atoms with Crippen LogP contribution < -0.4 is 16.4 Å². The van der Waals surface area contributed by atoms with Gasteiger partial charge in [0.15, 0.2) is 0 Å². The highest BCUT2D eigenvalue weighted by Crippen LogP contribution is 2.34. The van der Waals surface area contributed by atoms with Gasteiger partial charge in [0, 0.05) is 53.0 Å². The van der Waals surface area contributed by atoms with Crippen molar-refractivity contribution in [1.82, 2.24) is 19.9 Å². The number of aromatic nitrogens is 3. The highest BCUT2D eigenvalue weighted by Gasteiger charge is 2.25. The van der Waals surface area contributed by atoms with Gasteiger partial charge in [-0.1, -0.05) is 29.8 Å². The Bertz CT molecular complexity index is 1330. The van der Waals surface area contributed by atoms with Gasteiger partial charge >= 0.3 is 0 Å². The molecule has 4 N–H and O–H groups in total. The number of carbonyl (C=O) groups excluding carboxylic acids is 1. The molecule has 2 heterocycles. The molecule has 34 heavy (non-hydrogen) atoms. The van der Waals surface area contributed by atoms with Gasteiger partial charge in [-0.25, -0.2) is 9.97 Å². The number of nitrogens with zero attached hydrogens (tertiary/aromatic N) is 3. The third-order valence-corrected chi connectivity index (χ3v) is 6.69. The van der Waals surface area contributed by atoms with Crippen molar-refractivity contribution in [1.29, 1.82) is 0 Å². The van der Waals surface area contributed by atoms with Crippen molar-refractivity contribution in [3.8, 4) is 11.3 Å². The van der Waals surface area contributed by atoms with Gasteiger partial charge in [-0.05, 0) is 56.0 Å². The van der Waals surface area contributed by atoms with Crippen LogP contribution in [0.5, 0.6) is 0 Å². The fraction of sp³-hybridized carbons (Fsp3) is 0.269. The van der Waals surface area contributed by atoms with Crippen LogP contribution in [0, 0.1) is 0 Å². The zero-order chi connectivity index (χ0) is 23.7. The lowest BCUT2D eigenvalue weighted by Gasteiger charge is -2.30. The van der Waals surface area contributed by atoms with Crippen molar-refractivity contribution in [2.24, 2.45) is 7.05 Å². The summed E-state index contributed by atoms with van der Waals surface area (Å²) >= 11 is 6.51. The van der Waals surface area contributed by atoms with E-state index >= 15 is 0 Å². The SMILES string of the molecule is Cn1cc(-c2nc(N[C@@H]3CCC[C@H](NC(=O)c4ccc(N)cc4)C3)ncc2Cl)c2ccccc21. The summed E-state index contributed by atoms with van der Waals surface area (Å²) < 4.78 is 2.08. The summed E-state index contributed by atoms with van der Waals surface area (Å²) in [4.78, 5) is 21.8. The molecule has 2 aromatic carbocycles. The summed E-state index contributed by atoms with van der Waals surface area (Å²) in [5.41, 5.74) is 9.79. The number of benzene rings is 2. The van der Waals surface area contributed by atoms with Crippen LogP contribution in [0.3, 0.4) is 0 Å². The van der Waals surface area contributed by atoms with Gasteiger partial charge in [0.05, 0.1) is 16.9 Å². The van der Waals surface area contributed by atoms with Crippen LogP contribution in [0.2, 0.25) is 5.02 Å². The van der Waals surface area contributed by atoms with Gasteiger partial charge in [-0.15, -0.1) is 0 Å². The van der Waals surface area contributed by atoms with E-state index < -0.39 is 0 Å². The zero-order valence-electron chi connectivity index (χ0n) is 19.0. The molecule has 1 aliphatic rings. The molecule has 1 saturated carbocycles. The van der Waals surface area contributed by atoms with Gasteiger partial charge in [0.1, 0.15) is 0 Å². The standard InChI is InChI=1S/C26H27ClN6O/c1-33-15-21(20-7-2-3-8-23(20)33)24-22(27)14-29-26(32-24)31-19-6-4-5-18(13-19)30-25(34)16-9-11-17(28)12-10-16/h2-3,7-12,14-15,18-19H,4-6,13,28H2,1H3,(H,30,34)(H,29,31,32)/t18-,19+/m0/s1. The van der Waals surface area contributed by atoms with Crippen LogP contribution >= 0.6 is 11.6 Å². The van der Waals surface area contributed by atoms with Gasteiger partial charge in [-0.2, -0.15) is 0 Å². The van der Waals surface area contributed by atoms with Gasteiger partial charge in [-0.3, -0.25) is 4.79 Å². The zero-order valence-corrected chi connectivity index (χ0v) is 19.7. The van der Waals surface area contributed by atoms with Crippen molar-refractivity contribution >= 4 is 40.0 Å². The third-order valence-electron chi connectivity index (χ3n) is 6.41. The van der Waals surface area contributed by atoms with Gasteiger partial charge in [0.2, 0.25) is 5.95 Å². The smallest absolute Gasteiger partial charge is 0.251 e. The fourth-order valence-corrected chi connectivity index (χ4v) is 4.89. The monoisotopic (exact) mass is 474 g/mol. The number of fused-ring (bicyclic) bond motifs is 1. The molecule has 5 rings (SSSR count). The lowest BCUT2D eigenvalue weighted by atomic mass is 9.91. The number of hydrogen-bond donors (Lipinski definition) is 3. The van der Waals surface area contributed by atoms with E-state index in [0.29, 0.717) is 27.9 Å². The Labute approximate surface area is 203 Å². The molecule has 2 aromatic heterocycles. The number of para-hydroxylation sites is 1. The van der Waals surface area contributed by atoms with Crippen LogP contribution in [0.25, 0.3) is 22.2 Å². The van der Waals surface area contributed by atoms with Crippen LogP contribution in [0.15, 0.2) is 60.9 Å². The number of nitrogens with one attached hydrogen (secondary N) is 2. The number of halogens is 1. The quantitative estimate of drug-likeness (QED) is 0.353. The highest BCUT2D eigenvalue weighted by atomic mass is 35.5. The summed E-state index contributed by atoms with van der Waals surface area (Å²) in [5.74, 6) is 0.467. The molecule has 174 valence electrons. The molecule has 1 aliphatic carbocycles. The Balaban J connectivity index is 1.30. The highest BCUT2D eigenvalue weighted by molar-refractivity contribution is 6.33. The Morgan fingerprint density at radius 3 is 2.71 bits per heavy atom. The fourth-order valence-electron chi connectivity index (χ4n) is 4.69. The summed E-state index contributed by atoms with van der Waals surface area (Å²) in [6, 6.07) is 15.4. The summed E-state index contributed by atoms with van der Waals surface area (Å²) in [7, 11) is 2.01. The number of aryl methyl sites for hydroxylation is 1. The van der Waals surface area contributed by atoms with E-state index in [9.17, 15) is 4.79 Å². The first-order valence-electron chi connectivity index (χ1n) is 11.5. The van der Waals surface area contributed by atoms with Crippen LogP contribution in [0.1, 0.15) is 36.0 Å². The Morgan fingerprint density at radius 1 is 1.12 bits per heavy atom. The van der Waals surface area contributed by atoms with Gasteiger partial charge in [0.25, 0.3) is 5.91 Å². The minimum atomic E-state index is -0.0772. The van der Waals surface area contributed by atoms with E-state index in [2.05, 4.69) is 32.3 Å². The van der Waals surface area contributed by atoms with Crippen molar-refractivity contribution in [3.63, 3.8) is 0 Å². The van der Waals surface area contributed by atoms with Crippen molar-refractivity contribution in [2.75, 3.05) is 11.1 Å². The van der Waals surface area contributed by atoms with Crippen LogP contribution in [-0.4, -0.2) is 32.5 Å². The topological polar surface area (TPSA) is 97.9 Å². The molecule has 0 bridgehead atoms. The predicted octanol–water partition coefficient (Wildman–Crippen LogP) is 5.02. The molecular formula is C26H27ClN6O. The number of rotatable bonds is 5. The second kappa shape index (κ2) is 9.35. The van der Waals surface area contributed by atoms with Crippen LogP contribution in [-0.2, 0) is 7.05 Å². The molecule has 0 spiro atoms. The maximum Gasteiger partial charge on any atom is 0.251 e. The minimum Gasteiger partial charge on any atom is -0.399 e. The molecule has 8 heteroatoms. The number of hydrogen-bond acceptors (Lipinski definition) is 5. The van der Waals surface area contributed by atoms with Gasteiger partial charge < -0.3 is 20.9 Å². The molecule has 0 radical (unpaired) electrons. The first-order valence-corrected chi connectivity index (χ1v) is 11.9. The van der Waals surface area contributed by atoms with E-state index in [-0.39, 0.29) is 18.0 Å². The summed E-state index contributed by atoms with van der Waals surface area (Å²) in [6.07, 6.45) is 7.44. The lowest BCUT2D eigenvalue weighted by molar-refractivity contribution is 0.0926. The van der Waals surface area contributed by atoms with Crippen LogP contribution in [0.4, 0.5) is 11.6 Å². The molecule has 1 fully saturated rings. The predicted molar refractivity (Wildman–Crippen MR) is 137 cm³/mol. The Hall–Kier alpha value is -3.58. The maximum absolute atomic E-state index is 12.6. The molecule has 7 nitrogen and oxygen atoms in total. The van der Waals surface area contributed by atoms with E-state index in [1.165, 1.54) is 0 Å². The number of amides is 1. The largest absolute Gasteiger partial charge is 0.399 e. The average molecular weight is 475 g/mol. The molecule has 1 amide bonds. The minimum absolute atomic E-state index is 0.0772. The number of nitrogens with two attached hydrogens (primary N) is 1. The Kier molecular flexibility index (Phi) is 6.11. The lowest BCUT2D eigenvalue weighted by Crippen LogP contribution is -2.42. The molecule has 0 unspecified atom stereocenters. The first-order chi connectivity index (χ1) is 16.5. The second-order valence-corrected chi connectivity index (χ2v) is 9.27. The maximum atomic E-state index is 12.6. The normalized spacial score (nSPS) is 18.1. The van der Waals surface area contributed by atoms with E-state index in [1.807, 2.05) is 25.4 Å². The Morgan fingerprint density at radius 2 is 1.88 bits per heavy atom. The first kappa shape index (κ1) is 22.2. The molecular weight excluding hydrogens is 448 g/mol. The average Bonchev–Trinajstić information content (AvgIpc) is 3.17. The number of nitrogen functional groups attached to an aromatic ring is 1. The van der Waals surface area contributed by atoms with E-state index in [1.54, 1.807) is 30.5 Å². The van der Waals surface area contributed by atoms with Crippen molar-refractivity contribution < 1.29 is 4.79 Å². The molecule has 4 aromatic rings. The summed E-state index contributed by atoms with van der Waals surface area (Å²) in [6.45, 7) is 0. The van der Waals surface area contributed by atoms with E-state index in [4.69, 9.17) is 22.3 Å². The molecule has 2 atom stereocenters. The van der Waals surface area contributed by atoms with Crippen molar-refractivity contribution in [2.45, 2.75) is 37.8 Å². The third kappa shape index (κ3) is 4.56. The molecule has 0 aliphatic heterocycles. The number of anilines is 2. The summed E-state index contributed by atoms with van der Waals surface area (Å²) in [5, 5.41) is 8.23.